The van der Waals surface area contributed by atoms with Crippen LogP contribution >= 0.6 is 0 Å². The number of hydrogen-bond acceptors (Lipinski definition) is 8. The van der Waals surface area contributed by atoms with E-state index in [2.05, 4.69) is 5.32 Å². The van der Waals surface area contributed by atoms with E-state index in [1.54, 1.807) is 45.0 Å². The smallest absolute Gasteiger partial charge is 0.417 e. The molecule has 0 saturated carbocycles. The number of ether oxygens (including phenoxy) is 3. The van der Waals surface area contributed by atoms with Gasteiger partial charge < -0.3 is 14.2 Å². The molecule has 3 heterocycles. The van der Waals surface area contributed by atoms with Crippen molar-refractivity contribution >= 4 is 29.3 Å². The van der Waals surface area contributed by atoms with Gasteiger partial charge in [-0.3, -0.25) is 19.8 Å². The number of nitrogens with zero attached hydrogens (tertiary/aromatic N) is 3. The molecule has 4 atom stereocenters. The lowest BCUT2D eigenvalue weighted by Crippen LogP contribution is -2.58. The Morgan fingerprint density at radius 3 is 2.26 bits per heavy atom. The Morgan fingerprint density at radius 1 is 1.10 bits per heavy atom. The van der Waals surface area contributed by atoms with Gasteiger partial charge in [-0.25, -0.2) is 9.69 Å². The molecule has 3 amide bonds. The van der Waals surface area contributed by atoms with Crippen LogP contribution in [0.1, 0.15) is 31.9 Å². The molecular weight excluding hydrogens is 557 g/mol. The molecule has 2 bridgehead atoms. The fraction of sp³-hybridized carbons (Fsp3) is 0.448. The number of carbonyl (C=O) groups is 3. The van der Waals surface area contributed by atoms with Crippen LogP contribution in [0.3, 0.4) is 0 Å². The number of alkyl halides is 3. The first-order valence-corrected chi connectivity index (χ1v) is 13.4. The average molecular weight is 587 g/mol. The molecule has 2 aromatic carbocycles. The largest absolute Gasteiger partial charge is 0.492 e. The van der Waals surface area contributed by atoms with Gasteiger partial charge in [0, 0.05) is 25.3 Å². The number of anilines is 2. The van der Waals surface area contributed by atoms with Gasteiger partial charge in [0.1, 0.15) is 12.4 Å². The number of rotatable bonds is 7. The Labute approximate surface area is 239 Å². The highest BCUT2D eigenvalue weighted by molar-refractivity contribution is 6.23. The SMILES string of the molecule is CCOC(=O)Nc1ccc(OCCN2CC3(C)O[C@](C)(C2)[C@@H]2C(=O)N(c4ccc(C#N)c(C(F)(F)F)c4)C(=O)C23)cc1. The number of halogens is 3. The average Bonchev–Trinajstić information content (AvgIpc) is 3.29. The molecule has 10 nitrogen and oxygen atoms in total. The number of likely N-dealkylation sites (tertiary alicyclic amines) is 1. The fourth-order valence-corrected chi connectivity index (χ4v) is 6.39. The summed E-state index contributed by atoms with van der Waals surface area (Å²) < 4.78 is 57.8. The highest BCUT2D eigenvalue weighted by Gasteiger charge is 2.71. The summed E-state index contributed by atoms with van der Waals surface area (Å²) in [5.41, 5.74) is -3.57. The molecule has 5 rings (SSSR count). The van der Waals surface area contributed by atoms with Crippen molar-refractivity contribution in [3.63, 3.8) is 0 Å². The first kappa shape index (κ1) is 29.3. The van der Waals surface area contributed by atoms with Crippen molar-refractivity contribution < 1.29 is 41.8 Å². The molecule has 3 saturated heterocycles. The lowest BCUT2D eigenvalue weighted by Gasteiger charge is -2.45. The van der Waals surface area contributed by atoms with Crippen LogP contribution < -0.4 is 15.0 Å². The molecule has 3 aliphatic rings. The number of carbonyl (C=O) groups excluding carboxylic acids is 3. The fourth-order valence-electron chi connectivity index (χ4n) is 6.39. The van der Waals surface area contributed by atoms with E-state index in [0.717, 1.165) is 11.0 Å². The summed E-state index contributed by atoms with van der Waals surface area (Å²) in [7, 11) is 0. The Hall–Kier alpha value is -4.15. The Balaban J connectivity index is 1.27. The van der Waals surface area contributed by atoms with Crippen LogP contribution in [0, 0.1) is 23.2 Å². The summed E-state index contributed by atoms with van der Waals surface area (Å²) in [6.45, 7) is 6.84. The van der Waals surface area contributed by atoms with E-state index in [1.807, 2.05) is 4.90 Å². The summed E-state index contributed by atoms with van der Waals surface area (Å²) in [6.07, 6.45) is -5.38. The maximum atomic E-state index is 13.6. The van der Waals surface area contributed by atoms with Gasteiger partial charge in [-0.15, -0.1) is 0 Å². The number of amides is 3. The zero-order valence-corrected chi connectivity index (χ0v) is 23.2. The van der Waals surface area contributed by atoms with Crippen LogP contribution in [0.25, 0.3) is 0 Å². The van der Waals surface area contributed by atoms with Gasteiger partial charge in [-0.2, -0.15) is 18.4 Å². The lowest BCUT2D eigenvalue weighted by molar-refractivity contribution is -0.169. The highest BCUT2D eigenvalue weighted by Crippen LogP contribution is 2.55. The van der Waals surface area contributed by atoms with Gasteiger partial charge in [0.2, 0.25) is 11.8 Å². The second kappa shape index (κ2) is 10.6. The number of fused-ring (bicyclic) bond motifs is 5. The van der Waals surface area contributed by atoms with Crippen molar-refractivity contribution in [2.75, 3.05) is 43.1 Å². The zero-order chi connectivity index (χ0) is 30.4. The van der Waals surface area contributed by atoms with Crippen molar-refractivity contribution in [2.24, 2.45) is 11.8 Å². The molecule has 3 fully saturated rings. The number of nitriles is 1. The minimum atomic E-state index is -4.83. The summed E-state index contributed by atoms with van der Waals surface area (Å²) >= 11 is 0. The van der Waals surface area contributed by atoms with Gasteiger partial charge in [-0.05, 0) is 63.2 Å². The van der Waals surface area contributed by atoms with Gasteiger partial charge >= 0.3 is 12.3 Å². The maximum Gasteiger partial charge on any atom is 0.417 e. The van der Waals surface area contributed by atoms with E-state index < -0.39 is 58.2 Å². The van der Waals surface area contributed by atoms with Gasteiger partial charge in [0.25, 0.3) is 0 Å². The van der Waals surface area contributed by atoms with Crippen molar-refractivity contribution in [1.82, 2.24) is 4.90 Å². The number of imide groups is 1. The predicted molar refractivity (Wildman–Crippen MR) is 143 cm³/mol. The van der Waals surface area contributed by atoms with Crippen LogP contribution in [0.2, 0.25) is 0 Å². The molecule has 222 valence electrons. The topological polar surface area (TPSA) is 121 Å². The predicted octanol–water partition coefficient (Wildman–Crippen LogP) is 4.19. The number of morpholine rings is 1. The molecule has 2 unspecified atom stereocenters. The van der Waals surface area contributed by atoms with Crippen LogP contribution in [-0.4, -0.2) is 66.9 Å². The molecule has 42 heavy (non-hydrogen) atoms. The summed E-state index contributed by atoms with van der Waals surface area (Å²) in [5.74, 6) is -2.43. The summed E-state index contributed by atoms with van der Waals surface area (Å²) in [4.78, 5) is 41.7. The van der Waals surface area contributed by atoms with E-state index in [4.69, 9.17) is 19.5 Å². The van der Waals surface area contributed by atoms with Crippen molar-refractivity contribution in [3.05, 3.63) is 53.6 Å². The third-order valence-corrected chi connectivity index (χ3v) is 7.90. The van der Waals surface area contributed by atoms with E-state index in [0.29, 0.717) is 43.7 Å². The molecule has 13 heteroatoms. The summed E-state index contributed by atoms with van der Waals surface area (Å²) in [5, 5.41) is 11.7. The Bertz CT molecular complexity index is 1420. The van der Waals surface area contributed by atoms with Crippen LogP contribution in [0.15, 0.2) is 42.5 Å². The minimum absolute atomic E-state index is 0.218. The maximum absolute atomic E-state index is 13.6. The molecule has 1 N–H and O–H groups in total. The van der Waals surface area contributed by atoms with Gasteiger partial charge in [0.05, 0.1) is 52.5 Å². The Kier molecular flexibility index (Phi) is 7.40. The number of hydrogen-bond donors (Lipinski definition) is 1. The molecule has 0 radical (unpaired) electrons. The van der Waals surface area contributed by atoms with Gasteiger partial charge in [-0.1, -0.05) is 0 Å². The third kappa shape index (κ3) is 5.16. The molecule has 3 aliphatic heterocycles. The molecule has 0 aromatic heterocycles. The highest BCUT2D eigenvalue weighted by atomic mass is 19.4. The van der Waals surface area contributed by atoms with Crippen LogP contribution in [0.5, 0.6) is 5.75 Å². The zero-order valence-electron chi connectivity index (χ0n) is 23.2. The second-order valence-electron chi connectivity index (χ2n) is 11.0. The third-order valence-electron chi connectivity index (χ3n) is 7.90. The quantitative estimate of drug-likeness (QED) is 0.480. The number of benzene rings is 2. The summed E-state index contributed by atoms with van der Waals surface area (Å²) in [6, 6.07) is 11.1. The van der Waals surface area contributed by atoms with E-state index in [1.165, 1.54) is 12.1 Å². The standard InChI is InChI=1S/C29H29F3N4O6/c1-4-40-26(39)34-18-6-9-20(10-7-18)41-12-11-35-15-27(2)22-23(28(3,16-35)42-27)25(38)36(24(22)37)19-8-5-17(14-33)21(13-19)29(30,31)32/h5-10,13,22-23H,4,11-12,15-16H2,1-3H3,(H,34,39)/t22-,23?,27+,28?/m0/s1. The van der Waals surface area contributed by atoms with Crippen molar-refractivity contribution in [3.8, 4) is 11.8 Å². The van der Waals surface area contributed by atoms with E-state index >= 15 is 0 Å². The molecule has 2 aromatic rings. The Morgan fingerprint density at radius 2 is 1.71 bits per heavy atom. The second-order valence-corrected chi connectivity index (χ2v) is 11.0. The first-order chi connectivity index (χ1) is 19.8. The van der Waals surface area contributed by atoms with Crippen molar-refractivity contribution in [2.45, 2.75) is 38.1 Å². The minimum Gasteiger partial charge on any atom is -0.492 e. The molecule has 0 aliphatic carbocycles. The number of nitrogens with one attached hydrogen (secondary N) is 1. The molecule has 0 spiro atoms. The van der Waals surface area contributed by atoms with Gasteiger partial charge in [0.15, 0.2) is 0 Å². The monoisotopic (exact) mass is 586 g/mol. The first-order valence-electron chi connectivity index (χ1n) is 13.4. The van der Waals surface area contributed by atoms with Crippen LogP contribution in [-0.2, 0) is 25.2 Å². The lowest BCUT2D eigenvalue weighted by atomic mass is 9.79. The van der Waals surface area contributed by atoms with Crippen molar-refractivity contribution in [1.29, 1.82) is 5.26 Å². The van der Waals surface area contributed by atoms with Crippen LogP contribution in [0.4, 0.5) is 29.3 Å². The normalized spacial score (nSPS) is 27.0. The molecular formula is C29H29F3N4O6. The van der Waals surface area contributed by atoms with E-state index in [9.17, 15) is 27.6 Å². The van der Waals surface area contributed by atoms with E-state index in [-0.39, 0.29) is 12.3 Å².